The largest absolute Gasteiger partial charge is 0.494 e. The maximum Gasteiger partial charge on any atom is 0.188 e. The zero-order chi connectivity index (χ0) is 14.8. The molecule has 1 rings (SSSR count). The lowest BCUT2D eigenvalue weighted by Gasteiger charge is -2.09. The van der Waals surface area contributed by atoms with Gasteiger partial charge < -0.3 is 15.8 Å². The van der Waals surface area contributed by atoms with Crippen molar-refractivity contribution in [3.63, 3.8) is 0 Å². The summed E-state index contributed by atoms with van der Waals surface area (Å²) in [6.07, 6.45) is 1.93. The second-order valence-electron chi connectivity index (χ2n) is 5.29. The number of rotatable bonds is 8. The van der Waals surface area contributed by atoms with Gasteiger partial charge in [-0.1, -0.05) is 32.9 Å². The number of nitrogens with one attached hydrogen (secondary N) is 1. The first-order chi connectivity index (χ1) is 9.61. The van der Waals surface area contributed by atoms with Gasteiger partial charge in [-0.05, 0) is 36.5 Å². The third-order valence-corrected chi connectivity index (χ3v) is 2.72. The molecule has 4 nitrogen and oxygen atoms in total. The number of guanidine groups is 1. The van der Waals surface area contributed by atoms with Crippen LogP contribution in [0.5, 0.6) is 5.75 Å². The summed E-state index contributed by atoms with van der Waals surface area (Å²) in [6, 6.07) is 8.20. The smallest absolute Gasteiger partial charge is 0.188 e. The third-order valence-electron chi connectivity index (χ3n) is 2.72. The van der Waals surface area contributed by atoms with Crippen LogP contribution in [0.1, 0.15) is 32.8 Å². The maximum absolute atomic E-state index is 5.80. The fraction of sp³-hybridized carbons (Fsp3) is 0.562. The van der Waals surface area contributed by atoms with E-state index in [0.29, 0.717) is 11.9 Å². The molecule has 0 spiro atoms. The SMILES string of the molecule is CCCOc1cccc(CCNC(N)=NCC(C)C)c1.I. The van der Waals surface area contributed by atoms with Gasteiger partial charge in [-0.2, -0.15) is 0 Å². The summed E-state index contributed by atoms with van der Waals surface area (Å²) in [6.45, 7) is 8.66. The minimum atomic E-state index is 0. The molecule has 0 unspecified atom stereocenters. The van der Waals surface area contributed by atoms with Gasteiger partial charge in [0.25, 0.3) is 0 Å². The van der Waals surface area contributed by atoms with Gasteiger partial charge in [0.1, 0.15) is 5.75 Å². The van der Waals surface area contributed by atoms with E-state index < -0.39 is 0 Å². The molecule has 0 aliphatic heterocycles. The molecule has 1 aromatic carbocycles. The van der Waals surface area contributed by atoms with Crippen molar-refractivity contribution in [2.24, 2.45) is 16.6 Å². The molecule has 5 heteroatoms. The van der Waals surface area contributed by atoms with Gasteiger partial charge in [0.05, 0.1) is 6.61 Å². The van der Waals surface area contributed by atoms with Crippen LogP contribution in [0.2, 0.25) is 0 Å². The number of halogens is 1. The first kappa shape index (κ1) is 20.0. The first-order valence-corrected chi connectivity index (χ1v) is 7.37. The fourth-order valence-corrected chi connectivity index (χ4v) is 1.68. The lowest BCUT2D eigenvalue weighted by atomic mass is 10.1. The summed E-state index contributed by atoms with van der Waals surface area (Å²) in [7, 11) is 0. The highest BCUT2D eigenvalue weighted by Crippen LogP contribution is 2.13. The van der Waals surface area contributed by atoms with Gasteiger partial charge in [0, 0.05) is 13.1 Å². The maximum atomic E-state index is 5.80. The van der Waals surface area contributed by atoms with Gasteiger partial charge in [0.15, 0.2) is 5.96 Å². The van der Waals surface area contributed by atoms with Gasteiger partial charge in [0.2, 0.25) is 0 Å². The number of ether oxygens (including phenoxy) is 1. The van der Waals surface area contributed by atoms with E-state index in [0.717, 1.165) is 38.3 Å². The number of aliphatic imine (C=N–C) groups is 1. The quantitative estimate of drug-likeness (QED) is 0.397. The lowest BCUT2D eigenvalue weighted by Crippen LogP contribution is -2.33. The molecular weight excluding hydrogens is 377 g/mol. The number of benzene rings is 1. The van der Waals surface area contributed by atoms with Crippen molar-refractivity contribution in [1.29, 1.82) is 0 Å². The highest BCUT2D eigenvalue weighted by atomic mass is 127. The summed E-state index contributed by atoms with van der Waals surface area (Å²) >= 11 is 0. The molecule has 0 aliphatic carbocycles. The number of hydrogen-bond donors (Lipinski definition) is 2. The summed E-state index contributed by atoms with van der Waals surface area (Å²) in [5.41, 5.74) is 7.03. The molecule has 21 heavy (non-hydrogen) atoms. The van der Waals surface area contributed by atoms with Gasteiger partial charge >= 0.3 is 0 Å². The number of nitrogens with two attached hydrogens (primary N) is 1. The molecule has 0 amide bonds. The van der Waals surface area contributed by atoms with Crippen LogP contribution >= 0.6 is 24.0 Å². The van der Waals surface area contributed by atoms with Crippen molar-refractivity contribution in [2.75, 3.05) is 19.7 Å². The van der Waals surface area contributed by atoms with Crippen LogP contribution in [0.3, 0.4) is 0 Å². The van der Waals surface area contributed by atoms with Crippen LogP contribution in [0.4, 0.5) is 0 Å². The topological polar surface area (TPSA) is 59.6 Å². The molecule has 0 saturated carbocycles. The standard InChI is InChI=1S/C16H27N3O.HI/c1-4-10-20-15-7-5-6-14(11-15)8-9-18-16(17)19-12-13(2)3;/h5-7,11,13H,4,8-10,12H2,1-3H3,(H3,17,18,19);1H. The average molecular weight is 405 g/mol. The highest BCUT2D eigenvalue weighted by Gasteiger charge is 1.98. The predicted molar refractivity (Wildman–Crippen MR) is 101 cm³/mol. The number of hydrogen-bond acceptors (Lipinski definition) is 2. The van der Waals surface area contributed by atoms with E-state index in [-0.39, 0.29) is 24.0 Å². The van der Waals surface area contributed by atoms with E-state index in [1.807, 2.05) is 12.1 Å². The summed E-state index contributed by atoms with van der Waals surface area (Å²) in [5.74, 6) is 1.99. The van der Waals surface area contributed by atoms with E-state index in [1.54, 1.807) is 0 Å². The van der Waals surface area contributed by atoms with Crippen LogP contribution in [0.15, 0.2) is 29.3 Å². The minimum absolute atomic E-state index is 0. The second kappa shape index (κ2) is 11.7. The Bertz CT molecular complexity index is 422. The fourth-order valence-electron chi connectivity index (χ4n) is 1.68. The highest BCUT2D eigenvalue weighted by molar-refractivity contribution is 14.0. The zero-order valence-corrected chi connectivity index (χ0v) is 15.6. The van der Waals surface area contributed by atoms with Crippen LogP contribution < -0.4 is 15.8 Å². The van der Waals surface area contributed by atoms with Crippen LogP contribution in [0, 0.1) is 5.92 Å². The van der Waals surface area contributed by atoms with E-state index in [1.165, 1.54) is 5.56 Å². The second-order valence-corrected chi connectivity index (χ2v) is 5.29. The van der Waals surface area contributed by atoms with E-state index in [4.69, 9.17) is 10.5 Å². The molecule has 120 valence electrons. The Labute approximate surface area is 145 Å². The normalized spacial score (nSPS) is 11.1. The monoisotopic (exact) mass is 405 g/mol. The van der Waals surface area contributed by atoms with Crippen molar-refractivity contribution in [1.82, 2.24) is 5.32 Å². The molecule has 1 aromatic rings. The molecule has 0 fully saturated rings. The molecule has 3 N–H and O–H groups in total. The van der Waals surface area contributed by atoms with E-state index >= 15 is 0 Å². The van der Waals surface area contributed by atoms with Crippen molar-refractivity contribution in [3.05, 3.63) is 29.8 Å². The minimum Gasteiger partial charge on any atom is -0.494 e. The van der Waals surface area contributed by atoms with E-state index in [9.17, 15) is 0 Å². The van der Waals surface area contributed by atoms with Crippen molar-refractivity contribution in [3.8, 4) is 5.75 Å². The van der Waals surface area contributed by atoms with Crippen LogP contribution in [-0.2, 0) is 6.42 Å². The van der Waals surface area contributed by atoms with Gasteiger partial charge in [-0.3, -0.25) is 4.99 Å². The summed E-state index contributed by atoms with van der Waals surface area (Å²) < 4.78 is 5.62. The Morgan fingerprint density at radius 1 is 1.38 bits per heavy atom. The van der Waals surface area contributed by atoms with Crippen LogP contribution in [-0.4, -0.2) is 25.7 Å². The average Bonchev–Trinajstić information content (AvgIpc) is 2.43. The van der Waals surface area contributed by atoms with Crippen LogP contribution in [0.25, 0.3) is 0 Å². The molecule has 0 bridgehead atoms. The first-order valence-electron chi connectivity index (χ1n) is 7.37. The Balaban J connectivity index is 0.00000400. The number of nitrogens with zero attached hydrogens (tertiary/aromatic N) is 1. The molecule has 0 aromatic heterocycles. The Hall–Kier alpha value is -0.980. The Kier molecular flexibility index (Phi) is 11.1. The molecular formula is C16H28IN3O. The molecule has 0 atom stereocenters. The zero-order valence-electron chi connectivity index (χ0n) is 13.3. The van der Waals surface area contributed by atoms with Crippen molar-refractivity contribution < 1.29 is 4.74 Å². The summed E-state index contributed by atoms with van der Waals surface area (Å²) in [4.78, 5) is 4.27. The van der Waals surface area contributed by atoms with Crippen molar-refractivity contribution >= 4 is 29.9 Å². The predicted octanol–water partition coefficient (Wildman–Crippen LogP) is 3.20. The Morgan fingerprint density at radius 2 is 2.14 bits per heavy atom. The molecule has 0 saturated heterocycles. The summed E-state index contributed by atoms with van der Waals surface area (Å²) in [5, 5.41) is 3.14. The third kappa shape index (κ3) is 9.55. The Morgan fingerprint density at radius 3 is 2.81 bits per heavy atom. The molecule has 0 aliphatic rings. The molecule has 0 heterocycles. The van der Waals surface area contributed by atoms with E-state index in [2.05, 4.69) is 43.2 Å². The van der Waals surface area contributed by atoms with Gasteiger partial charge in [-0.25, -0.2) is 0 Å². The van der Waals surface area contributed by atoms with Crippen molar-refractivity contribution in [2.45, 2.75) is 33.6 Å². The van der Waals surface area contributed by atoms with Gasteiger partial charge in [-0.15, -0.1) is 24.0 Å². The lowest BCUT2D eigenvalue weighted by molar-refractivity contribution is 0.317. The molecule has 0 radical (unpaired) electrons.